The Labute approximate surface area is 129 Å². The van der Waals surface area contributed by atoms with Gasteiger partial charge in [0.1, 0.15) is 5.82 Å². The van der Waals surface area contributed by atoms with Crippen LogP contribution in [0.1, 0.15) is 19.5 Å². The van der Waals surface area contributed by atoms with Crippen molar-refractivity contribution in [3.05, 3.63) is 39.9 Å². The molecule has 0 bridgehead atoms. The highest BCUT2D eigenvalue weighted by Gasteiger charge is 2.17. The Bertz CT molecular complexity index is 748. The van der Waals surface area contributed by atoms with Crippen molar-refractivity contribution in [2.24, 2.45) is 0 Å². The quantitative estimate of drug-likeness (QED) is 0.944. The summed E-state index contributed by atoms with van der Waals surface area (Å²) in [5.74, 6) is -0.307. The maximum absolute atomic E-state index is 14.5. The molecule has 2 aromatic rings. The fraction of sp³-hybridized carbons (Fsp3) is 0.471. The zero-order valence-corrected chi connectivity index (χ0v) is 13.2. The molecule has 0 saturated carbocycles. The summed E-state index contributed by atoms with van der Waals surface area (Å²) in [5, 5.41) is 3.74. The Balaban J connectivity index is 2.23. The van der Waals surface area contributed by atoms with Gasteiger partial charge in [0.05, 0.1) is 11.2 Å². The molecular formula is C17H22FN3O. The van der Waals surface area contributed by atoms with Crippen LogP contribution in [-0.2, 0) is 13.0 Å². The Morgan fingerprint density at radius 3 is 2.55 bits per heavy atom. The number of nitrogens with one attached hydrogen (secondary N) is 1. The number of halogens is 1. The minimum Gasteiger partial charge on any atom is -0.367 e. The van der Waals surface area contributed by atoms with Crippen LogP contribution >= 0.6 is 0 Å². The Morgan fingerprint density at radius 2 is 1.91 bits per heavy atom. The highest BCUT2D eigenvalue weighted by Crippen LogP contribution is 2.26. The third kappa shape index (κ3) is 2.50. The minimum absolute atomic E-state index is 0.0951. The van der Waals surface area contributed by atoms with Crippen molar-refractivity contribution < 1.29 is 4.39 Å². The van der Waals surface area contributed by atoms with E-state index in [0.717, 1.165) is 50.4 Å². The Kier molecular flexibility index (Phi) is 4.16. The Morgan fingerprint density at radius 1 is 1.18 bits per heavy atom. The molecule has 0 amide bonds. The van der Waals surface area contributed by atoms with Crippen molar-refractivity contribution in [3.8, 4) is 0 Å². The number of rotatable bonds is 3. The number of aryl methyl sites for hydroxylation is 2. The number of aromatic nitrogens is 1. The van der Waals surface area contributed by atoms with Gasteiger partial charge in [0.2, 0.25) is 0 Å². The summed E-state index contributed by atoms with van der Waals surface area (Å²) in [4.78, 5) is 14.3. The summed E-state index contributed by atoms with van der Waals surface area (Å²) in [5.41, 5.74) is 2.34. The molecule has 1 fully saturated rings. The predicted molar refractivity (Wildman–Crippen MR) is 88.3 cm³/mol. The van der Waals surface area contributed by atoms with E-state index in [-0.39, 0.29) is 11.2 Å². The molecule has 1 aromatic carbocycles. The largest absolute Gasteiger partial charge is 0.367 e. The average molecular weight is 303 g/mol. The predicted octanol–water partition coefficient (Wildman–Crippen LogP) is 2.13. The molecule has 0 unspecified atom stereocenters. The summed E-state index contributed by atoms with van der Waals surface area (Å²) in [6.07, 6.45) is 0.791. The SMILES string of the molecule is CCc1cc(=O)c2cc(F)c(N3CCNCC3)cc2n1CC. The molecule has 3 rings (SSSR count). The smallest absolute Gasteiger partial charge is 0.189 e. The lowest BCUT2D eigenvalue weighted by atomic mass is 10.1. The molecule has 1 aliphatic heterocycles. The van der Waals surface area contributed by atoms with Gasteiger partial charge in [-0.15, -0.1) is 0 Å². The van der Waals surface area contributed by atoms with Gasteiger partial charge >= 0.3 is 0 Å². The molecule has 0 radical (unpaired) electrons. The minimum atomic E-state index is -0.307. The van der Waals surface area contributed by atoms with Crippen LogP contribution in [0.15, 0.2) is 23.0 Å². The van der Waals surface area contributed by atoms with E-state index in [2.05, 4.69) is 16.8 Å². The van der Waals surface area contributed by atoms with E-state index < -0.39 is 0 Å². The lowest BCUT2D eigenvalue weighted by molar-refractivity contribution is 0.567. The fourth-order valence-corrected chi connectivity index (χ4v) is 3.25. The van der Waals surface area contributed by atoms with Gasteiger partial charge in [-0.1, -0.05) is 6.92 Å². The third-order valence-electron chi connectivity index (χ3n) is 4.40. The highest BCUT2D eigenvalue weighted by atomic mass is 19.1. The summed E-state index contributed by atoms with van der Waals surface area (Å²) in [6, 6.07) is 4.89. The van der Waals surface area contributed by atoms with Crippen LogP contribution in [0.3, 0.4) is 0 Å². The number of anilines is 1. The summed E-state index contributed by atoms with van der Waals surface area (Å²) in [6.45, 7) is 8.13. The number of fused-ring (bicyclic) bond motifs is 1. The van der Waals surface area contributed by atoms with Gasteiger partial charge in [0, 0.05) is 49.9 Å². The van der Waals surface area contributed by atoms with Crippen LogP contribution in [0.5, 0.6) is 0 Å². The number of piperazine rings is 1. The van der Waals surface area contributed by atoms with Crippen LogP contribution in [0.4, 0.5) is 10.1 Å². The van der Waals surface area contributed by atoms with Gasteiger partial charge < -0.3 is 14.8 Å². The number of benzene rings is 1. The second-order valence-corrected chi connectivity index (χ2v) is 5.66. The lowest BCUT2D eigenvalue weighted by Gasteiger charge is -2.30. The first-order valence-electron chi connectivity index (χ1n) is 7.97. The number of hydrogen-bond acceptors (Lipinski definition) is 3. The zero-order valence-electron chi connectivity index (χ0n) is 13.2. The summed E-state index contributed by atoms with van der Waals surface area (Å²) >= 11 is 0. The van der Waals surface area contributed by atoms with Gasteiger partial charge in [-0.2, -0.15) is 0 Å². The first kappa shape index (κ1) is 15.0. The van der Waals surface area contributed by atoms with Crippen LogP contribution in [0.2, 0.25) is 0 Å². The molecule has 0 atom stereocenters. The van der Waals surface area contributed by atoms with Gasteiger partial charge in [0.25, 0.3) is 0 Å². The number of nitrogens with zero attached hydrogens (tertiary/aromatic N) is 2. The summed E-state index contributed by atoms with van der Waals surface area (Å²) in [7, 11) is 0. The maximum atomic E-state index is 14.5. The lowest BCUT2D eigenvalue weighted by Crippen LogP contribution is -2.43. The van der Waals surface area contributed by atoms with E-state index in [0.29, 0.717) is 11.1 Å². The van der Waals surface area contributed by atoms with E-state index in [1.54, 1.807) is 6.07 Å². The molecule has 0 spiro atoms. The molecular weight excluding hydrogens is 281 g/mol. The number of pyridine rings is 1. The van der Waals surface area contributed by atoms with Crippen LogP contribution in [0.25, 0.3) is 10.9 Å². The standard InChI is InChI=1S/C17H22FN3O/c1-3-12-9-17(22)13-10-14(18)16(11-15(13)21(12)4-2)20-7-5-19-6-8-20/h9-11,19H,3-8H2,1-2H3. The van der Waals surface area contributed by atoms with Gasteiger partial charge in [0.15, 0.2) is 5.43 Å². The van der Waals surface area contributed by atoms with Crippen molar-refractivity contribution in [3.63, 3.8) is 0 Å². The van der Waals surface area contributed by atoms with Crippen LogP contribution in [-0.4, -0.2) is 30.7 Å². The molecule has 0 aliphatic carbocycles. The number of hydrogen-bond donors (Lipinski definition) is 1. The van der Waals surface area contributed by atoms with Gasteiger partial charge in [-0.25, -0.2) is 4.39 Å². The molecule has 1 N–H and O–H groups in total. The fourth-order valence-electron chi connectivity index (χ4n) is 3.25. The monoisotopic (exact) mass is 303 g/mol. The summed E-state index contributed by atoms with van der Waals surface area (Å²) < 4.78 is 16.6. The molecule has 1 aliphatic rings. The molecule has 1 saturated heterocycles. The second kappa shape index (κ2) is 6.08. The maximum Gasteiger partial charge on any atom is 0.189 e. The first-order chi connectivity index (χ1) is 10.7. The normalized spacial score (nSPS) is 15.5. The molecule has 5 heteroatoms. The molecule has 118 valence electrons. The molecule has 22 heavy (non-hydrogen) atoms. The van der Waals surface area contributed by atoms with Gasteiger partial charge in [-0.05, 0) is 25.5 Å². The van der Waals surface area contributed by atoms with E-state index in [4.69, 9.17) is 0 Å². The van der Waals surface area contributed by atoms with Crippen molar-refractivity contribution in [1.29, 1.82) is 0 Å². The van der Waals surface area contributed by atoms with Crippen LogP contribution in [0, 0.1) is 5.82 Å². The van der Waals surface area contributed by atoms with E-state index in [1.807, 2.05) is 17.9 Å². The topological polar surface area (TPSA) is 37.3 Å². The van der Waals surface area contributed by atoms with E-state index in [9.17, 15) is 9.18 Å². The van der Waals surface area contributed by atoms with Crippen molar-refractivity contribution >= 4 is 16.6 Å². The van der Waals surface area contributed by atoms with Crippen LogP contribution < -0.4 is 15.6 Å². The third-order valence-corrected chi connectivity index (χ3v) is 4.40. The van der Waals surface area contributed by atoms with Gasteiger partial charge in [-0.3, -0.25) is 4.79 Å². The van der Waals surface area contributed by atoms with E-state index >= 15 is 0 Å². The van der Waals surface area contributed by atoms with Crippen molar-refractivity contribution in [2.75, 3.05) is 31.1 Å². The Hall–Kier alpha value is -1.88. The zero-order chi connectivity index (χ0) is 15.7. The van der Waals surface area contributed by atoms with Crippen molar-refractivity contribution in [2.45, 2.75) is 26.8 Å². The first-order valence-corrected chi connectivity index (χ1v) is 7.97. The molecule has 1 aromatic heterocycles. The van der Waals surface area contributed by atoms with Crippen molar-refractivity contribution in [1.82, 2.24) is 9.88 Å². The average Bonchev–Trinajstić information content (AvgIpc) is 2.55. The second-order valence-electron chi connectivity index (χ2n) is 5.66. The van der Waals surface area contributed by atoms with E-state index in [1.165, 1.54) is 6.07 Å². The molecule has 4 nitrogen and oxygen atoms in total. The molecule has 2 heterocycles. The highest BCUT2D eigenvalue weighted by molar-refractivity contribution is 5.83.